The third-order valence-electron chi connectivity index (χ3n) is 4.88. The van der Waals surface area contributed by atoms with E-state index < -0.39 is 32.0 Å². The zero-order chi connectivity index (χ0) is 23.0. The first-order valence-corrected chi connectivity index (χ1v) is 13.0. The van der Waals surface area contributed by atoms with E-state index in [1.165, 1.54) is 12.1 Å². The third-order valence-corrected chi connectivity index (χ3v) is 7.81. The van der Waals surface area contributed by atoms with Gasteiger partial charge in [-0.15, -0.1) is 0 Å². The molecule has 1 aliphatic rings. The molecule has 0 bridgehead atoms. The highest BCUT2D eigenvalue weighted by Crippen LogP contribution is 2.37. The first kappa shape index (κ1) is 23.3. The number of ether oxygens (including phenoxy) is 1. The van der Waals surface area contributed by atoms with Gasteiger partial charge in [-0.3, -0.25) is 4.84 Å². The summed E-state index contributed by atoms with van der Waals surface area (Å²) in [7, 11) is -7.69. The van der Waals surface area contributed by atoms with Gasteiger partial charge >= 0.3 is 0 Å². The van der Waals surface area contributed by atoms with Crippen molar-refractivity contribution in [2.45, 2.75) is 42.7 Å². The molecule has 31 heavy (non-hydrogen) atoms. The molecule has 3 rings (SSSR count). The molecule has 2 aromatic carbocycles. The smallest absolute Gasteiger partial charge is 0.267 e. The Labute approximate surface area is 183 Å². The number of rotatable bonds is 6. The van der Waals surface area contributed by atoms with Crippen LogP contribution in [0.2, 0.25) is 0 Å². The summed E-state index contributed by atoms with van der Waals surface area (Å²) in [6.45, 7) is 6.00. The van der Waals surface area contributed by atoms with Gasteiger partial charge in [-0.05, 0) is 62.2 Å². The molecule has 2 aromatic rings. The topological polar surface area (TPSA) is 116 Å². The normalized spacial score (nSPS) is 20.3. The maximum atomic E-state index is 13.3. The highest BCUT2D eigenvalue weighted by molar-refractivity contribution is 7.90. The monoisotopic (exact) mass is 466 g/mol. The molecular formula is C21H26N2O6S2. The van der Waals surface area contributed by atoms with Gasteiger partial charge in [0, 0.05) is 6.26 Å². The second-order valence-electron chi connectivity index (χ2n) is 7.37. The summed E-state index contributed by atoms with van der Waals surface area (Å²) in [5, 5.41) is 0. The Morgan fingerprint density at radius 2 is 1.74 bits per heavy atom. The summed E-state index contributed by atoms with van der Waals surface area (Å²) in [5.41, 5.74) is 7.39. The lowest BCUT2D eigenvalue weighted by atomic mass is 10.00. The van der Waals surface area contributed by atoms with Gasteiger partial charge in [-0.2, -0.15) is 0 Å². The molecule has 2 atom stereocenters. The van der Waals surface area contributed by atoms with Crippen molar-refractivity contribution in [3.63, 3.8) is 0 Å². The van der Waals surface area contributed by atoms with Crippen LogP contribution in [0.1, 0.15) is 32.4 Å². The van der Waals surface area contributed by atoms with E-state index in [2.05, 4.69) is 0 Å². The second-order valence-corrected chi connectivity index (χ2v) is 11.1. The zero-order valence-electron chi connectivity index (χ0n) is 17.8. The van der Waals surface area contributed by atoms with E-state index in [0.29, 0.717) is 12.4 Å². The number of hydroxylamine groups is 1. The van der Waals surface area contributed by atoms with Crippen LogP contribution in [0, 0.1) is 0 Å². The van der Waals surface area contributed by atoms with Gasteiger partial charge in [-0.1, -0.05) is 22.7 Å². The lowest BCUT2D eigenvalue weighted by molar-refractivity contribution is -0.143. The molecule has 168 valence electrons. The van der Waals surface area contributed by atoms with Gasteiger partial charge in [0.15, 0.2) is 9.84 Å². The Kier molecular flexibility index (Phi) is 6.47. The Hall–Kier alpha value is -2.40. The highest BCUT2D eigenvalue weighted by atomic mass is 32.2. The molecular weight excluding hydrogens is 440 g/mol. The van der Waals surface area contributed by atoms with Gasteiger partial charge < -0.3 is 10.5 Å². The van der Waals surface area contributed by atoms with E-state index in [1.54, 1.807) is 19.1 Å². The minimum absolute atomic E-state index is 0.0560. The van der Waals surface area contributed by atoms with Crippen LogP contribution in [-0.4, -0.2) is 40.2 Å². The lowest BCUT2D eigenvalue weighted by Gasteiger charge is -2.35. The van der Waals surface area contributed by atoms with Crippen LogP contribution in [0.5, 0.6) is 5.75 Å². The molecule has 0 aliphatic carbocycles. The molecule has 0 radical (unpaired) electrons. The summed E-state index contributed by atoms with van der Waals surface area (Å²) in [5.74, 6) is 0.709. The van der Waals surface area contributed by atoms with Crippen LogP contribution < -0.4 is 10.5 Å². The summed E-state index contributed by atoms with van der Waals surface area (Å²) in [4.78, 5) is 5.66. The fourth-order valence-electron chi connectivity index (χ4n) is 3.41. The van der Waals surface area contributed by atoms with Crippen molar-refractivity contribution in [3.05, 3.63) is 59.7 Å². The predicted octanol–water partition coefficient (Wildman–Crippen LogP) is 3.08. The number of sulfone groups is 1. The van der Waals surface area contributed by atoms with Crippen LogP contribution in [0.25, 0.3) is 0 Å². The average Bonchev–Trinajstić information content (AvgIpc) is 2.68. The Bertz CT molecular complexity index is 1200. The van der Waals surface area contributed by atoms with Crippen molar-refractivity contribution in [1.82, 2.24) is 4.47 Å². The molecule has 8 nitrogen and oxygen atoms in total. The van der Waals surface area contributed by atoms with Crippen molar-refractivity contribution in [2.24, 2.45) is 0 Å². The second kappa shape index (κ2) is 8.62. The summed E-state index contributed by atoms with van der Waals surface area (Å²) >= 11 is 0. The van der Waals surface area contributed by atoms with Crippen LogP contribution in [-0.2, 0) is 24.7 Å². The minimum Gasteiger partial charge on any atom is -0.494 e. The molecule has 2 N–H and O–H groups in total. The van der Waals surface area contributed by atoms with Crippen molar-refractivity contribution < 1.29 is 26.4 Å². The van der Waals surface area contributed by atoms with Crippen molar-refractivity contribution in [2.75, 3.05) is 18.6 Å². The fraction of sp³-hybridized carbons (Fsp3) is 0.333. The van der Waals surface area contributed by atoms with Crippen molar-refractivity contribution in [1.29, 1.82) is 0 Å². The zero-order valence-corrected chi connectivity index (χ0v) is 19.4. The fourth-order valence-corrected chi connectivity index (χ4v) is 5.55. The van der Waals surface area contributed by atoms with Crippen LogP contribution in [0.15, 0.2) is 63.9 Å². The van der Waals surface area contributed by atoms with E-state index in [1.807, 2.05) is 32.1 Å². The van der Waals surface area contributed by atoms with Gasteiger partial charge in [-0.25, -0.2) is 16.8 Å². The van der Waals surface area contributed by atoms with Gasteiger partial charge in [0.1, 0.15) is 16.7 Å². The lowest BCUT2D eigenvalue weighted by Crippen LogP contribution is -2.42. The number of anilines is 1. The molecule has 0 spiro atoms. The van der Waals surface area contributed by atoms with E-state index in [0.717, 1.165) is 27.9 Å². The highest BCUT2D eigenvalue weighted by Gasteiger charge is 2.37. The molecule has 1 heterocycles. The van der Waals surface area contributed by atoms with Crippen molar-refractivity contribution in [3.8, 4) is 5.75 Å². The number of sulfonamides is 1. The van der Waals surface area contributed by atoms with Gasteiger partial charge in [0.25, 0.3) is 10.0 Å². The van der Waals surface area contributed by atoms with E-state index >= 15 is 0 Å². The molecule has 2 unspecified atom stereocenters. The molecule has 0 aromatic heterocycles. The first-order valence-electron chi connectivity index (χ1n) is 9.67. The number of nitrogens with two attached hydrogens (primary N) is 1. The minimum atomic E-state index is -4.16. The number of nitrogens with zero attached hydrogens (tertiary/aromatic N) is 1. The number of benzene rings is 2. The van der Waals surface area contributed by atoms with Crippen LogP contribution in [0.3, 0.4) is 0 Å². The number of hydrogen-bond acceptors (Lipinski definition) is 7. The first-order chi connectivity index (χ1) is 14.4. The molecule has 0 saturated heterocycles. The SMILES string of the molecule is CCOc1ccc(C2ON(S(=O)(=O)c3ccc(S(C)(=O)=O)cc3N)C(C)C=C2C)cc1. The van der Waals surface area contributed by atoms with E-state index in [-0.39, 0.29) is 15.5 Å². The quantitative estimate of drug-likeness (QED) is 0.514. The summed E-state index contributed by atoms with van der Waals surface area (Å²) < 4.78 is 56.5. The molecule has 1 aliphatic heterocycles. The predicted molar refractivity (Wildman–Crippen MR) is 118 cm³/mol. The Balaban J connectivity index is 1.96. The van der Waals surface area contributed by atoms with E-state index in [9.17, 15) is 16.8 Å². The Morgan fingerprint density at radius 1 is 1.10 bits per heavy atom. The van der Waals surface area contributed by atoms with Crippen molar-refractivity contribution >= 4 is 25.5 Å². The van der Waals surface area contributed by atoms with Gasteiger partial charge in [0.2, 0.25) is 0 Å². The molecule has 10 heteroatoms. The maximum Gasteiger partial charge on any atom is 0.267 e. The molecule has 0 fully saturated rings. The van der Waals surface area contributed by atoms with E-state index in [4.69, 9.17) is 15.3 Å². The average molecular weight is 467 g/mol. The third kappa shape index (κ3) is 4.77. The maximum absolute atomic E-state index is 13.3. The van der Waals surface area contributed by atoms with Crippen LogP contribution in [0.4, 0.5) is 5.69 Å². The van der Waals surface area contributed by atoms with Crippen LogP contribution >= 0.6 is 0 Å². The number of nitrogen functional groups attached to an aromatic ring is 1. The van der Waals surface area contributed by atoms with Gasteiger partial charge in [0.05, 0.1) is 23.2 Å². The molecule has 0 saturated carbocycles. The number of hydrogen-bond donors (Lipinski definition) is 1. The molecule has 0 amide bonds. The Morgan fingerprint density at radius 3 is 2.29 bits per heavy atom. The summed E-state index contributed by atoms with van der Waals surface area (Å²) in [6.07, 6.45) is 2.22. The largest absolute Gasteiger partial charge is 0.494 e. The summed E-state index contributed by atoms with van der Waals surface area (Å²) in [6, 6.07) is 10.2. The standard InChI is InChI=1S/C21H26N2O6S2/c1-5-28-17-8-6-16(7-9-17)21-14(2)12-15(3)23(29-21)31(26,27)20-11-10-18(13-19(20)22)30(4,24)25/h6-13,15,21H,5,22H2,1-4H3.